The van der Waals surface area contributed by atoms with Crippen molar-refractivity contribution in [2.24, 2.45) is 0 Å². The molecule has 1 heterocycles. The smallest absolute Gasteiger partial charge is 0.210 e. The zero-order valence-electron chi connectivity index (χ0n) is 10.3. The van der Waals surface area contributed by atoms with Crippen molar-refractivity contribution in [1.29, 1.82) is 0 Å². The topological polar surface area (TPSA) is 56.7 Å². The van der Waals surface area contributed by atoms with Crippen molar-refractivity contribution in [2.75, 3.05) is 5.84 Å². The highest BCUT2D eigenvalue weighted by atomic mass is 35.5. The van der Waals surface area contributed by atoms with E-state index in [0.29, 0.717) is 5.16 Å². The molecule has 96 valence electrons. The lowest BCUT2D eigenvalue weighted by Gasteiger charge is -2.06. The highest BCUT2D eigenvalue weighted by Gasteiger charge is 2.13. The highest BCUT2D eigenvalue weighted by molar-refractivity contribution is 7.98. The standard InChI is InChI=1S/C12H15ClN4S/c1-8(2)11-15-16-12(17(11)14)18-7-9-5-3-4-6-10(9)13/h3-6,8H,7,14H2,1-2H3. The average Bonchev–Trinajstić information content (AvgIpc) is 2.70. The maximum atomic E-state index is 6.10. The summed E-state index contributed by atoms with van der Waals surface area (Å²) in [6.45, 7) is 4.08. The second-order valence-corrected chi connectivity index (χ2v) is 5.60. The molecule has 1 aromatic heterocycles. The van der Waals surface area contributed by atoms with Crippen LogP contribution in [-0.4, -0.2) is 14.9 Å². The molecule has 0 aliphatic rings. The summed E-state index contributed by atoms with van der Waals surface area (Å²) in [4.78, 5) is 0. The van der Waals surface area contributed by atoms with Crippen LogP contribution in [0.25, 0.3) is 0 Å². The Morgan fingerprint density at radius 1 is 1.33 bits per heavy atom. The summed E-state index contributed by atoms with van der Waals surface area (Å²) in [5, 5.41) is 9.64. The largest absolute Gasteiger partial charge is 0.336 e. The lowest BCUT2D eigenvalue weighted by atomic mass is 10.2. The molecule has 0 radical (unpaired) electrons. The molecule has 2 aromatic rings. The molecule has 18 heavy (non-hydrogen) atoms. The predicted octanol–water partition coefficient (Wildman–Crippen LogP) is 3.06. The number of aromatic nitrogens is 3. The number of nitrogen functional groups attached to an aromatic ring is 1. The number of benzene rings is 1. The molecule has 0 spiro atoms. The number of rotatable bonds is 4. The van der Waals surface area contributed by atoms with Crippen LogP contribution in [0.15, 0.2) is 29.4 Å². The normalized spacial score (nSPS) is 11.1. The molecular formula is C12H15ClN4S. The van der Waals surface area contributed by atoms with E-state index in [4.69, 9.17) is 17.4 Å². The molecule has 0 fully saturated rings. The van der Waals surface area contributed by atoms with Crippen LogP contribution < -0.4 is 5.84 Å². The first kappa shape index (κ1) is 13.2. The van der Waals surface area contributed by atoms with Crippen LogP contribution in [0.3, 0.4) is 0 Å². The van der Waals surface area contributed by atoms with Crippen LogP contribution in [0.4, 0.5) is 0 Å². The van der Waals surface area contributed by atoms with E-state index >= 15 is 0 Å². The van der Waals surface area contributed by atoms with E-state index in [9.17, 15) is 0 Å². The Bertz CT molecular complexity index is 539. The molecule has 0 aliphatic heterocycles. The summed E-state index contributed by atoms with van der Waals surface area (Å²) in [7, 11) is 0. The first-order chi connectivity index (χ1) is 8.59. The van der Waals surface area contributed by atoms with Gasteiger partial charge in [0, 0.05) is 16.7 Å². The third-order valence-electron chi connectivity index (χ3n) is 2.52. The maximum absolute atomic E-state index is 6.10. The van der Waals surface area contributed by atoms with Crippen molar-refractivity contribution < 1.29 is 0 Å². The van der Waals surface area contributed by atoms with Crippen LogP contribution in [0.2, 0.25) is 5.02 Å². The van der Waals surface area contributed by atoms with Gasteiger partial charge in [0.25, 0.3) is 0 Å². The van der Waals surface area contributed by atoms with Crippen LogP contribution in [-0.2, 0) is 5.75 Å². The number of hydrogen-bond donors (Lipinski definition) is 1. The van der Waals surface area contributed by atoms with Gasteiger partial charge < -0.3 is 5.84 Å². The van der Waals surface area contributed by atoms with E-state index < -0.39 is 0 Å². The first-order valence-electron chi connectivity index (χ1n) is 5.66. The maximum Gasteiger partial charge on any atom is 0.210 e. The van der Waals surface area contributed by atoms with Crippen LogP contribution in [0, 0.1) is 0 Å². The van der Waals surface area contributed by atoms with E-state index in [1.165, 1.54) is 11.8 Å². The highest BCUT2D eigenvalue weighted by Crippen LogP contribution is 2.25. The summed E-state index contributed by atoms with van der Waals surface area (Å²) in [5.41, 5.74) is 1.07. The minimum atomic E-state index is 0.261. The third kappa shape index (κ3) is 2.79. The van der Waals surface area contributed by atoms with E-state index in [-0.39, 0.29) is 5.92 Å². The van der Waals surface area contributed by atoms with Gasteiger partial charge in [-0.1, -0.05) is 55.4 Å². The molecule has 0 unspecified atom stereocenters. The molecule has 0 saturated carbocycles. The summed E-state index contributed by atoms with van der Waals surface area (Å²) < 4.78 is 1.55. The molecule has 6 heteroatoms. The summed E-state index contributed by atoms with van der Waals surface area (Å²) in [6, 6.07) is 7.76. The van der Waals surface area contributed by atoms with Crippen LogP contribution in [0.5, 0.6) is 0 Å². The van der Waals surface area contributed by atoms with Crippen LogP contribution >= 0.6 is 23.4 Å². The number of halogens is 1. The zero-order valence-corrected chi connectivity index (χ0v) is 11.9. The quantitative estimate of drug-likeness (QED) is 0.692. The second kappa shape index (κ2) is 5.63. The number of thioether (sulfide) groups is 1. The Labute approximate surface area is 116 Å². The van der Waals surface area contributed by atoms with E-state index in [1.54, 1.807) is 4.68 Å². The Hall–Kier alpha value is -1.20. The lowest BCUT2D eigenvalue weighted by molar-refractivity contribution is 0.712. The molecule has 4 nitrogen and oxygen atoms in total. The molecule has 1 aromatic carbocycles. The fourth-order valence-corrected chi connectivity index (χ4v) is 2.69. The summed E-state index contributed by atoms with van der Waals surface area (Å²) in [6.07, 6.45) is 0. The van der Waals surface area contributed by atoms with Gasteiger partial charge in [-0.2, -0.15) is 0 Å². The fraction of sp³-hybridized carbons (Fsp3) is 0.333. The Morgan fingerprint density at radius 3 is 2.67 bits per heavy atom. The van der Waals surface area contributed by atoms with Crippen molar-refractivity contribution >= 4 is 23.4 Å². The van der Waals surface area contributed by atoms with Gasteiger partial charge in [-0.25, -0.2) is 4.68 Å². The van der Waals surface area contributed by atoms with Crippen molar-refractivity contribution in [3.05, 3.63) is 40.7 Å². The summed E-state index contributed by atoms with van der Waals surface area (Å²) in [5.74, 6) is 7.72. The Morgan fingerprint density at radius 2 is 2.06 bits per heavy atom. The lowest BCUT2D eigenvalue weighted by Crippen LogP contribution is -2.14. The van der Waals surface area contributed by atoms with Crippen molar-refractivity contribution in [3.63, 3.8) is 0 Å². The minimum Gasteiger partial charge on any atom is -0.336 e. The van der Waals surface area contributed by atoms with E-state index in [2.05, 4.69) is 10.2 Å². The fourth-order valence-electron chi connectivity index (χ4n) is 1.54. The van der Waals surface area contributed by atoms with Gasteiger partial charge in [0.05, 0.1) is 0 Å². The third-order valence-corrected chi connectivity index (χ3v) is 3.88. The van der Waals surface area contributed by atoms with E-state index in [1.807, 2.05) is 38.1 Å². The van der Waals surface area contributed by atoms with Crippen molar-refractivity contribution in [3.8, 4) is 0 Å². The zero-order chi connectivity index (χ0) is 13.1. The molecule has 0 atom stereocenters. The Kier molecular flexibility index (Phi) is 4.14. The van der Waals surface area contributed by atoms with Gasteiger partial charge in [0.2, 0.25) is 5.16 Å². The number of hydrogen-bond acceptors (Lipinski definition) is 4. The van der Waals surface area contributed by atoms with Crippen molar-refractivity contribution in [2.45, 2.75) is 30.7 Å². The Balaban J connectivity index is 2.09. The van der Waals surface area contributed by atoms with Gasteiger partial charge in [-0.3, -0.25) is 0 Å². The second-order valence-electron chi connectivity index (χ2n) is 4.25. The van der Waals surface area contributed by atoms with Gasteiger partial charge in [-0.15, -0.1) is 10.2 Å². The van der Waals surface area contributed by atoms with E-state index in [0.717, 1.165) is 22.2 Å². The van der Waals surface area contributed by atoms with Gasteiger partial charge >= 0.3 is 0 Å². The monoisotopic (exact) mass is 282 g/mol. The first-order valence-corrected chi connectivity index (χ1v) is 7.02. The van der Waals surface area contributed by atoms with Gasteiger partial charge in [0.1, 0.15) is 0 Å². The molecule has 2 N–H and O–H groups in total. The van der Waals surface area contributed by atoms with Crippen molar-refractivity contribution in [1.82, 2.24) is 14.9 Å². The molecule has 2 rings (SSSR count). The SMILES string of the molecule is CC(C)c1nnc(SCc2ccccc2Cl)n1N. The molecule has 0 saturated heterocycles. The molecule has 0 aliphatic carbocycles. The molecule has 0 bridgehead atoms. The van der Waals surface area contributed by atoms with Gasteiger partial charge in [-0.05, 0) is 11.6 Å². The summed E-state index contributed by atoms with van der Waals surface area (Å²) >= 11 is 7.63. The van der Waals surface area contributed by atoms with Crippen LogP contribution in [0.1, 0.15) is 31.2 Å². The average molecular weight is 283 g/mol. The predicted molar refractivity (Wildman–Crippen MR) is 75.3 cm³/mol. The van der Waals surface area contributed by atoms with Gasteiger partial charge in [0.15, 0.2) is 5.82 Å². The number of nitrogens with two attached hydrogens (primary N) is 1. The molecular weight excluding hydrogens is 268 g/mol. The number of nitrogens with zero attached hydrogens (tertiary/aromatic N) is 3. The molecule has 0 amide bonds. The minimum absolute atomic E-state index is 0.261.